The summed E-state index contributed by atoms with van der Waals surface area (Å²) in [5.74, 6) is -6.87. The minimum atomic E-state index is -5.17. The smallest absolute Gasteiger partial charge is 0.347 e. The third-order valence-corrected chi connectivity index (χ3v) is 2.91. The average molecular weight is 434 g/mol. The number of halogens is 9. The molecule has 0 atom stereocenters. The first kappa shape index (κ1) is 25.7. The van der Waals surface area contributed by atoms with Gasteiger partial charge in [-0.2, -0.15) is 39.5 Å². The van der Waals surface area contributed by atoms with Gasteiger partial charge in [0, 0.05) is 39.3 Å². The second-order valence-corrected chi connectivity index (χ2v) is 5.10. The summed E-state index contributed by atoms with van der Waals surface area (Å²) in [5, 5.41) is 4.38. The van der Waals surface area contributed by atoms with Crippen molar-refractivity contribution < 1.29 is 53.9 Å². The topological polar surface area (TPSA) is 90.5 Å². The Labute approximate surface area is 151 Å². The lowest BCUT2D eigenvalue weighted by atomic mass is 10.4. The molecule has 0 aromatic heterocycles. The van der Waals surface area contributed by atoms with Crippen LogP contribution in [-0.4, -0.2) is 80.4 Å². The third-order valence-electron chi connectivity index (χ3n) is 2.91. The van der Waals surface area contributed by atoms with Gasteiger partial charge in [0.1, 0.15) is 0 Å². The van der Waals surface area contributed by atoms with Crippen LogP contribution in [0.4, 0.5) is 39.5 Å². The van der Waals surface area contributed by atoms with Crippen LogP contribution in [0.3, 0.4) is 0 Å². The van der Waals surface area contributed by atoms with Gasteiger partial charge in [0.05, 0.1) is 0 Å². The molecule has 0 aliphatic heterocycles. The molecular formula is C12H15F9N4O3. The van der Waals surface area contributed by atoms with Crippen molar-refractivity contribution in [1.29, 1.82) is 0 Å². The van der Waals surface area contributed by atoms with E-state index in [-0.39, 0.29) is 0 Å². The molecule has 7 nitrogen and oxygen atoms in total. The van der Waals surface area contributed by atoms with Gasteiger partial charge in [-0.15, -0.1) is 0 Å². The number of carbonyl (C=O) groups excluding carboxylic acids is 3. The number of hydrogen-bond acceptors (Lipinski definition) is 4. The standard InChI is InChI=1S/C12H15F9N4O3/c13-10(14,15)7(26)22-1-4-25(5-2-23-8(27)11(16,17)18)6-3-24-9(28)12(19,20)21/h1-6H2,(H,22,26)(H,23,27)(H,24,28). The lowest BCUT2D eigenvalue weighted by Gasteiger charge is -2.23. The number of nitrogens with one attached hydrogen (secondary N) is 3. The molecule has 0 saturated carbocycles. The van der Waals surface area contributed by atoms with E-state index < -0.39 is 75.5 Å². The van der Waals surface area contributed by atoms with E-state index >= 15 is 0 Å². The number of alkyl halides is 9. The Hall–Kier alpha value is -2.26. The fourth-order valence-electron chi connectivity index (χ4n) is 1.62. The van der Waals surface area contributed by atoms with Crippen molar-refractivity contribution in [3.63, 3.8) is 0 Å². The first-order chi connectivity index (χ1) is 12.5. The first-order valence-corrected chi connectivity index (χ1v) is 7.32. The Kier molecular flexibility index (Phi) is 9.50. The second kappa shape index (κ2) is 10.3. The molecule has 0 aliphatic carbocycles. The highest BCUT2D eigenvalue weighted by Gasteiger charge is 2.39. The van der Waals surface area contributed by atoms with Gasteiger partial charge in [-0.1, -0.05) is 0 Å². The summed E-state index contributed by atoms with van der Waals surface area (Å²) >= 11 is 0. The highest BCUT2D eigenvalue weighted by molar-refractivity contribution is 5.82. The normalized spacial score (nSPS) is 12.6. The lowest BCUT2D eigenvalue weighted by molar-refractivity contribution is -0.173. The Morgan fingerprint density at radius 2 is 0.750 bits per heavy atom. The predicted molar refractivity (Wildman–Crippen MR) is 73.6 cm³/mol. The molecule has 0 aromatic carbocycles. The van der Waals surface area contributed by atoms with Crippen LogP contribution in [0.1, 0.15) is 0 Å². The molecule has 0 aromatic rings. The lowest BCUT2D eigenvalue weighted by Crippen LogP contribution is -2.47. The number of nitrogens with zero attached hydrogens (tertiary/aromatic N) is 1. The molecule has 0 aliphatic rings. The fraction of sp³-hybridized carbons (Fsp3) is 0.750. The quantitative estimate of drug-likeness (QED) is 0.457. The van der Waals surface area contributed by atoms with E-state index in [1.165, 1.54) is 16.0 Å². The summed E-state index contributed by atoms with van der Waals surface area (Å²) in [6, 6.07) is 0. The zero-order chi connectivity index (χ0) is 22.2. The van der Waals surface area contributed by atoms with Crippen LogP contribution in [0.5, 0.6) is 0 Å². The molecule has 16 heteroatoms. The van der Waals surface area contributed by atoms with E-state index in [0.717, 1.165) is 4.90 Å². The van der Waals surface area contributed by atoms with Crippen LogP contribution in [0.15, 0.2) is 0 Å². The van der Waals surface area contributed by atoms with E-state index in [9.17, 15) is 53.9 Å². The van der Waals surface area contributed by atoms with Crippen molar-refractivity contribution in [2.45, 2.75) is 18.5 Å². The van der Waals surface area contributed by atoms with Crippen molar-refractivity contribution in [2.24, 2.45) is 0 Å². The summed E-state index contributed by atoms with van der Waals surface area (Å²) in [7, 11) is 0. The summed E-state index contributed by atoms with van der Waals surface area (Å²) in [4.78, 5) is 33.0. The molecule has 3 N–H and O–H groups in total. The zero-order valence-corrected chi connectivity index (χ0v) is 13.8. The van der Waals surface area contributed by atoms with E-state index in [2.05, 4.69) is 0 Å². The van der Waals surface area contributed by atoms with Crippen LogP contribution in [0.2, 0.25) is 0 Å². The minimum absolute atomic E-state index is 0.411. The maximum Gasteiger partial charge on any atom is 0.471 e. The van der Waals surface area contributed by atoms with Crippen molar-refractivity contribution in [2.75, 3.05) is 39.3 Å². The van der Waals surface area contributed by atoms with E-state index in [1.54, 1.807) is 0 Å². The molecule has 3 amide bonds. The van der Waals surface area contributed by atoms with E-state index in [0.29, 0.717) is 0 Å². The summed E-state index contributed by atoms with van der Waals surface area (Å²) in [5.41, 5.74) is 0. The van der Waals surface area contributed by atoms with E-state index in [1.807, 2.05) is 0 Å². The fourth-order valence-corrected chi connectivity index (χ4v) is 1.62. The van der Waals surface area contributed by atoms with Gasteiger partial charge in [0.25, 0.3) is 0 Å². The van der Waals surface area contributed by atoms with Gasteiger partial charge in [-0.05, 0) is 0 Å². The highest BCUT2D eigenvalue weighted by atomic mass is 19.4. The van der Waals surface area contributed by atoms with Gasteiger partial charge in [0.2, 0.25) is 0 Å². The van der Waals surface area contributed by atoms with Crippen LogP contribution in [0.25, 0.3) is 0 Å². The maximum absolute atomic E-state index is 12.0. The van der Waals surface area contributed by atoms with Gasteiger partial charge < -0.3 is 16.0 Å². The Balaban J connectivity index is 4.58. The third kappa shape index (κ3) is 10.8. The number of amides is 3. The van der Waals surface area contributed by atoms with Crippen molar-refractivity contribution in [3.8, 4) is 0 Å². The monoisotopic (exact) mass is 434 g/mol. The molecule has 28 heavy (non-hydrogen) atoms. The molecule has 0 spiro atoms. The van der Waals surface area contributed by atoms with Crippen LogP contribution in [0, 0.1) is 0 Å². The summed E-state index contributed by atoms with van der Waals surface area (Å²) in [6.07, 6.45) is -15.5. The van der Waals surface area contributed by atoms with Gasteiger partial charge in [-0.3, -0.25) is 19.3 Å². The molecule has 0 saturated heterocycles. The molecule has 0 heterocycles. The molecule has 0 bridgehead atoms. The predicted octanol–water partition coefficient (Wildman–Crippen LogP) is 0.324. The molecule has 0 radical (unpaired) electrons. The zero-order valence-electron chi connectivity index (χ0n) is 13.8. The van der Waals surface area contributed by atoms with Gasteiger partial charge in [0.15, 0.2) is 0 Å². The maximum atomic E-state index is 12.0. The van der Waals surface area contributed by atoms with Crippen molar-refractivity contribution in [3.05, 3.63) is 0 Å². The second-order valence-electron chi connectivity index (χ2n) is 5.10. The SMILES string of the molecule is O=C(NCCN(CCNC(=O)C(F)(F)F)CCNC(=O)C(F)(F)F)C(F)(F)F. The highest BCUT2D eigenvalue weighted by Crippen LogP contribution is 2.15. The number of carbonyl (C=O) groups is 3. The van der Waals surface area contributed by atoms with E-state index in [4.69, 9.17) is 0 Å². The van der Waals surface area contributed by atoms with Crippen LogP contribution in [-0.2, 0) is 14.4 Å². The van der Waals surface area contributed by atoms with Gasteiger partial charge in [-0.25, -0.2) is 0 Å². The Morgan fingerprint density at radius 1 is 0.536 bits per heavy atom. The number of hydrogen-bond donors (Lipinski definition) is 3. The number of rotatable bonds is 9. The molecule has 0 unspecified atom stereocenters. The minimum Gasteiger partial charge on any atom is -0.347 e. The van der Waals surface area contributed by atoms with Gasteiger partial charge >= 0.3 is 36.3 Å². The Morgan fingerprint density at radius 3 is 0.929 bits per heavy atom. The average Bonchev–Trinajstić information content (AvgIpc) is 2.51. The molecular weight excluding hydrogens is 419 g/mol. The molecule has 0 rings (SSSR count). The Bertz CT molecular complexity index is 470. The summed E-state index contributed by atoms with van der Waals surface area (Å²) in [6.45, 7) is -3.15. The first-order valence-electron chi connectivity index (χ1n) is 7.32. The van der Waals surface area contributed by atoms with Crippen molar-refractivity contribution >= 4 is 17.7 Å². The summed E-state index contributed by atoms with van der Waals surface area (Å²) < 4.78 is 108. The molecule has 164 valence electrons. The largest absolute Gasteiger partial charge is 0.471 e. The van der Waals surface area contributed by atoms with Crippen LogP contribution < -0.4 is 16.0 Å². The van der Waals surface area contributed by atoms with Crippen LogP contribution >= 0.6 is 0 Å². The van der Waals surface area contributed by atoms with Crippen molar-refractivity contribution in [1.82, 2.24) is 20.9 Å². The molecule has 0 fully saturated rings.